The zero-order valence-electron chi connectivity index (χ0n) is 13.5. The minimum atomic E-state index is -0.0220. The average Bonchev–Trinajstić information content (AvgIpc) is 2.50. The van der Waals surface area contributed by atoms with Gasteiger partial charge in [0.05, 0.1) is 18.4 Å². The van der Waals surface area contributed by atoms with Crippen molar-refractivity contribution in [2.75, 3.05) is 25.0 Å². The first-order chi connectivity index (χ1) is 10.1. The summed E-state index contributed by atoms with van der Waals surface area (Å²) in [5, 5.41) is 7.86. The van der Waals surface area contributed by atoms with Crippen LogP contribution in [0, 0.1) is 5.92 Å². The molecule has 5 heteroatoms. The number of hydrogen-bond donors (Lipinski definition) is 1. The zero-order chi connectivity index (χ0) is 15.2. The lowest BCUT2D eigenvalue weighted by molar-refractivity contribution is 0.276. The molecule has 21 heavy (non-hydrogen) atoms. The number of rotatable bonds is 6. The number of aromatic nitrogens is 2. The summed E-state index contributed by atoms with van der Waals surface area (Å²) in [6.45, 7) is 6.69. The monoisotopic (exact) mass is 292 g/mol. The molecule has 5 nitrogen and oxygen atoms in total. The van der Waals surface area contributed by atoms with Crippen molar-refractivity contribution >= 4 is 5.69 Å². The van der Waals surface area contributed by atoms with Gasteiger partial charge in [-0.15, -0.1) is 0 Å². The third-order valence-electron chi connectivity index (χ3n) is 4.61. The van der Waals surface area contributed by atoms with Crippen LogP contribution in [0.3, 0.4) is 0 Å². The predicted molar refractivity (Wildman–Crippen MR) is 86.9 cm³/mol. The van der Waals surface area contributed by atoms with E-state index < -0.39 is 0 Å². The third kappa shape index (κ3) is 4.30. The predicted octanol–water partition coefficient (Wildman–Crippen LogP) is 1.87. The van der Waals surface area contributed by atoms with Crippen LogP contribution in [0.15, 0.2) is 17.1 Å². The first-order valence-electron chi connectivity index (χ1n) is 8.13. The summed E-state index contributed by atoms with van der Waals surface area (Å²) in [4.78, 5) is 14.1. The summed E-state index contributed by atoms with van der Waals surface area (Å²) in [5.41, 5.74) is 0.860. The number of anilines is 1. The van der Waals surface area contributed by atoms with Gasteiger partial charge in [0.15, 0.2) is 0 Å². The van der Waals surface area contributed by atoms with E-state index in [9.17, 15) is 4.79 Å². The lowest BCUT2D eigenvalue weighted by Crippen LogP contribution is -2.40. The maximum absolute atomic E-state index is 12.1. The number of nitrogens with one attached hydrogen (secondary N) is 1. The molecule has 0 aliphatic heterocycles. The molecular formula is C16H28N4O. The van der Waals surface area contributed by atoms with E-state index in [0.29, 0.717) is 12.6 Å². The summed E-state index contributed by atoms with van der Waals surface area (Å²) >= 11 is 0. The molecule has 1 aliphatic rings. The SMILES string of the molecule is CCN(C)c1cnn(CCNC2CCCCC2C)c(=O)c1. The molecule has 1 aromatic heterocycles. The van der Waals surface area contributed by atoms with E-state index in [1.807, 2.05) is 11.9 Å². The van der Waals surface area contributed by atoms with Crippen molar-refractivity contribution in [1.82, 2.24) is 15.1 Å². The maximum atomic E-state index is 12.1. The van der Waals surface area contributed by atoms with Gasteiger partial charge in [0, 0.05) is 32.2 Å². The van der Waals surface area contributed by atoms with E-state index in [0.717, 1.165) is 24.7 Å². The Morgan fingerprint density at radius 2 is 2.19 bits per heavy atom. The van der Waals surface area contributed by atoms with E-state index in [2.05, 4.69) is 24.3 Å². The largest absolute Gasteiger partial charge is 0.373 e. The fourth-order valence-electron chi connectivity index (χ4n) is 2.96. The van der Waals surface area contributed by atoms with Gasteiger partial charge in [0.2, 0.25) is 0 Å². The van der Waals surface area contributed by atoms with Crippen molar-refractivity contribution in [2.45, 2.75) is 52.1 Å². The van der Waals surface area contributed by atoms with Crippen LogP contribution in [0.5, 0.6) is 0 Å². The Bertz CT molecular complexity index is 499. The molecule has 2 rings (SSSR count). The van der Waals surface area contributed by atoms with Crippen molar-refractivity contribution in [3.8, 4) is 0 Å². The molecular weight excluding hydrogens is 264 g/mol. The van der Waals surface area contributed by atoms with Crippen LogP contribution in [0.4, 0.5) is 5.69 Å². The molecule has 1 aromatic rings. The summed E-state index contributed by atoms with van der Waals surface area (Å²) in [7, 11) is 1.97. The highest BCUT2D eigenvalue weighted by atomic mass is 16.1. The second kappa shape index (κ2) is 7.59. The lowest BCUT2D eigenvalue weighted by atomic mass is 9.86. The molecule has 2 atom stereocenters. The van der Waals surface area contributed by atoms with E-state index in [-0.39, 0.29) is 5.56 Å². The fraction of sp³-hybridized carbons (Fsp3) is 0.750. The zero-order valence-corrected chi connectivity index (χ0v) is 13.5. The van der Waals surface area contributed by atoms with Gasteiger partial charge in [-0.25, -0.2) is 4.68 Å². The molecule has 0 bridgehead atoms. The third-order valence-corrected chi connectivity index (χ3v) is 4.61. The van der Waals surface area contributed by atoms with Crippen LogP contribution in [-0.4, -0.2) is 36.0 Å². The molecule has 0 spiro atoms. The van der Waals surface area contributed by atoms with Crippen LogP contribution >= 0.6 is 0 Å². The molecule has 1 N–H and O–H groups in total. The van der Waals surface area contributed by atoms with Gasteiger partial charge >= 0.3 is 0 Å². The van der Waals surface area contributed by atoms with Crippen LogP contribution < -0.4 is 15.8 Å². The van der Waals surface area contributed by atoms with E-state index >= 15 is 0 Å². The van der Waals surface area contributed by atoms with Crippen LogP contribution in [0.2, 0.25) is 0 Å². The van der Waals surface area contributed by atoms with Gasteiger partial charge in [-0.05, 0) is 25.7 Å². The standard InChI is InChI=1S/C16H28N4O/c1-4-19(3)14-11-16(21)20(18-12-14)10-9-17-15-8-6-5-7-13(15)2/h11-13,15,17H,4-10H2,1-3H3. The van der Waals surface area contributed by atoms with Crippen molar-refractivity contribution < 1.29 is 0 Å². The van der Waals surface area contributed by atoms with Gasteiger partial charge < -0.3 is 10.2 Å². The maximum Gasteiger partial charge on any atom is 0.268 e. The van der Waals surface area contributed by atoms with Gasteiger partial charge in [0.1, 0.15) is 0 Å². The Hall–Kier alpha value is -1.36. The minimum absolute atomic E-state index is 0.0220. The summed E-state index contributed by atoms with van der Waals surface area (Å²) in [6, 6.07) is 2.26. The molecule has 2 unspecified atom stereocenters. The summed E-state index contributed by atoms with van der Waals surface area (Å²) in [5.74, 6) is 0.740. The summed E-state index contributed by atoms with van der Waals surface area (Å²) in [6.07, 6.45) is 7.01. The second-order valence-electron chi connectivity index (χ2n) is 6.11. The van der Waals surface area contributed by atoms with Gasteiger partial charge in [0.25, 0.3) is 5.56 Å². The Balaban J connectivity index is 1.87. The van der Waals surface area contributed by atoms with E-state index in [4.69, 9.17) is 0 Å². The Labute approximate surface area is 127 Å². The molecule has 118 valence electrons. The minimum Gasteiger partial charge on any atom is -0.373 e. The first-order valence-corrected chi connectivity index (χ1v) is 8.13. The van der Waals surface area contributed by atoms with Gasteiger partial charge in [-0.2, -0.15) is 5.10 Å². The molecule has 0 amide bonds. The van der Waals surface area contributed by atoms with Crippen LogP contribution in [-0.2, 0) is 6.54 Å². The van der Waals surface area contributed by atoms with E-state index in [1.165, 1.54) is 25.7 Å². The molecule has 0 radical (unpaired) electrons. The highest BCUT2D eigenvalue weighted by Crippen LogP contribution is 2.23. The number of nitrogens with zero attached hydrogens (tertiary/aromatic N) is 3. The quantitative estimate of drug-likeness (QED) is 0.869. The Morgan fingerprint density at radius 3 is 2.86 bits per heavy atom. The summed E-state index contributed by atoms with van der Waals surface area (Å²) < 4.78 is 1.55. The van der Waals surface area contributed by atoms with Crippen LogP contribution in [0.1, 0.15) is 39.5 Å². The molecule has 1 fully saturated rings. The normalized spacial score (nSPS) is 22.2. The first kappa shape index (κ1) is 16.0. The molecule has 0 aromatic carbocycles. The molecule has 0 saturated heterocycles. The fourth-order valence-corrected chi connectivity index (χ4v) is 2.96. The molecule has 1 heterocycles. The van der Waals surface area contributed by atoms with Crippen molar-refractivity contribution in [3.63, 3.8) is 0 Å². The van der Waals surface area contributed by atoms with Crippen molar-refractivity contribution in [1.29, 1.82) is 0 Å². The Kier molecular flexibility index (Phi) is 5.79. The van der Waals surface area contributed by atoms with Gasteiger partial charge in [-0.1, -0.05) is 19.8 Å². The van der Waals surface area contributed by atoms with Crippen molar-refractivity contribution in [3.05, 3.63) is 22.6 Å². The highest BCUT2D eigenvalue weighted by Gasteiger charge is 2.20. The second-order valence-corrected chi connectivity index (χ2v) is 6.11. The molecule has 1 saturated carbocycles. The molecule has 1 aliphatic carbocycles. The number of hydrogen-bond acceptors (Lipinski definition) is 4. The lowest BCUT2D eigenvalue weighted by Gasteiger charge is -2.29. The topological polar surface area (TPSA) is 50.2 Å². The highest BCUT2D eigenvalue weighted by molar-refractivity contribution is 5.41. The van der Waals surface area contributed by atoms with Gasteiger partial charge in [-0.3, -0.25) is 4.79 Å². The smallest absolute Gasteiger partial charge is 0.268 e. The van der Waals surface area contributed by atoms with Crippen molar-refractivity contribution in [2.24, 2.45) is 5.92 Å². The Morgan fingerprint density at radius 1 is 1.43 bits per heavy atom. The van der Waals surface area contributed by atoms with Crippen LogP contribution in [0.25, 0.3) is 0 Å². The van der Waals surface area contributed by atoms with E-state index in [1.54, 1.807) is 16.9 Å². The average molecular weight is 292 g/mol.